The number of hydrogen-bond acceptors (Lipinski definition) is 6. The number of primary amides is 1. The van der Waals surface area contributed by atoms with Crippen LogP contribution >= 0.6 is 0 Å². The summed E-state index contributed by atoms with van der Waals surface area (Å²) in [6.07, 6.45) is 1.67. The Bertz CT molecular complexity index is 1080. The normalized spacial score (nSPS) is 10.3. The van der Waals surface area contributed by atoms with E-state index in [9.17, 15) is 4.79 Å². The molecule has 2 aromatic carbocycles. The van der Waals surface area contributed by atoms with Gasteiger partial charge in [0.2, 0.25) is 0 Å². The van der Waals surface area contributed by atoms with Gasteiger partial charge in [0.1, 0.15) is 11.5 Å². The first-order valence-electron chi connectivity index (χ1n) is 9.06. The molecule has 0 aliphatic rings. The molecule has 0 atom stereocenters. The van der Waals surface area contributed by atoms with Crippen LogP contribution in [-0.4, -0.2) is 30.7 Å². The van der Waals surface area contributed by atoms with Crippen LogP contribution in [0.1, 0.15) is 22.8 Å². The van der Waals surface area contributed by atoms with Gasteiger partial charge < -0.3 is 26.5 Å². The third-order valence-corrected chi connectivity index (χ3v) is 4.48. The average Bonchev–Trinajstić information content (AvgIpc) is 2.73. The Kier molecular flexibility index (Phi) is 5.78. The van der Waals surface area contributed by atoms with Crippen molar-refractivity contribution < 1.29 is 9.53 Å². The molecular weight excluding hydrogens is 366 g/mol. The summed E-state index contributed by atoms with van der Waals surface area (Å²) in [4.78, 5) is 15.9. The summed E-state index contributed by atoms with van der Waals surface area (Å²) < 4.78 is 6.00. The molecular formula is C22H23N5O2. The number of anilines is 2. The fraction of sp³-hybridized carbons (Fsp3) is 0.136. The number of nitrogens with two attached hydrogens (primary N) is 1. The highest BCUT2D eigenvalue weighted by atomic mass is 16.5. The molecule has 0 fully saturated rings. The third-order valence-electron chi connectivity index (χ3n) is 4.48. The zero-order valence-electron chi connectivity index (χ0n) is 16.5. The van der Waals surface area contributed by atoms with E-state index < -0.39 is 5.91 Å². The van der Waals surface area contributed by atoms with Crippen molar-refractivity contribution in [2.45, 2.75) is 6.92 Å². The van der Waals surface area contributed by atoms with E-state index >= 15 is 0 Å². The van der Waals surface area contributed by atoms with Crippen LogP contribution in [0.2, 0.25) is 0 Å². The van der Waals surface area contributed by atoms with Crippen LogP contribution < -0.4 is 21.1 Å². The molecule has 0 saturated carbocycles. The van der Waals surface area contributed by atoms with E-state index in [1.54, 1.807) is 38.4 Å². The molecule has 148 valence electrons. The van der Waals surface area contributed by atoms with Crippen molar-refractivity contribution in [3.8, 4) is 22.8 Å². The van der Waals surface area contributed by atoms with Crippen molar-refractivity contribution in [2.75, 3.05) is 24.7 Å². The van der Waals surface area contributed by atoms with Gasteiger partial charge in [-0.25, -0.2) is 0 Å². The Balaban J connectivity index is 1.91. The van der Waals surface area contributed by atoms with Gasteiger partial charge in [0, 0.05) is 60.6 Å². The molecule has 7 nitrogen and oxygen atoms in total. The van der Waals surface area contributed by atoms with Crippen molar-refractivity contribution in [3.05, 3.63) is 65.9 Å². The number of benzene rings is 2. The molecule has 0 unspecified atom stereocenters. The van der Waals surface area contributed by atoms with Crippen LogP contribution in [0, 0.1) is 5.41 Å². The van der Waals surface area contributed by atoms with Crippen LogP contribution in [0.15, 0.2) is 54.7 Å². The summed E-state index contributed by atoms with van der Waals surface area (Å²) in [6, 6.07) is 14.4. The largest absolute Gasteiger partial charge is 0.457 e. The summed E-state index contributed by atoms with van der Waals surface area (Å²) in [5.74, 6) is 0.785. The molecule has 1 aromatic heterocycles. The maximum absolute atomic E-state index is 11.5. The molecule has 7 heteroatoms. The summed E-state index contributed by atoms with van der Waals surface area (Å²) >= 11 is 0. The molecule has 29 heavy (non-hydrogen) atoms. The highest BCUT2D eigenvalue weighted by Gasteiger charge is 2.11. The monoisotopic (exact) mass is 389 g/mol. The first-order chi connectivity index (χ1) is 13.9. The van der Waals surface area contributed by atoms with Crippen molar-refractivity contribution in [1.29, 1.82) is 5.41 Å². The Morgan fingerprint density at radius 1 is 0.966 bits per heavy atom. The number of ether oxygens (including phenoxy) is 1. The number of carbonyl (C=O) groups is 1. The molecule has 3 rings (SSSR count). The van der Waals surface area contributed by atoms with E-state index in [0.29, 0.717) is 34.2 Å². The van der Waals surface area contributed by atoms with Crippen molar-refractivity contribution in [1.82, 2.24) is 4.98 Å². The molecule has 3 aromatic rings. The summed E-state index contributed by atoms with van der Waals surface area (Å²) in [7, 11) is 3.54. The average molecular weight is 389 g/mol. The predicted molar refractivity (Wildman–Crippen MR) is 116 cm³/mol. The molecule has 5 N–H and O–H groups in total. The van der Waals surface area contributed by atoms with Crippen LogP contribution in [-0.2, 0) is 0 Å². The minimum absolute atomic E-state index is 0.421. The molecule has 0 bridgehead atoms. The lowest BCUT2D eigenvalue weighted by Crippen LogP contribution is -2.13. The summed E-state index contributed by atoms with van der Waals surface area (Å²) in [6.45, 7) is 1.74. The van der Waals surface area contributed by atoms with Gasteiger partial charge >= 0.3 is 0 Å². The van der Waals surface area contributed by atoms with Gasteiger partial charge in [0.05, 0.1) is 11.3 Å². The van der Waals surface area contributed by atoms with Crippen molar-refractivity contribution in [2.24, 2.45) is 5.73 Å². The molecule has 1 amide bonds. The van der Waals surface area contributed by atoms with E-state index in [-0.39, 0.29) is 0 Å². The van der Waals surface area contributed by atoms with E-state index in [1.807, 2.05) is 37.4 Å². The van der Waals surface area contributed by atoms with E-state index in [0.717, 1.165) is 16.8 Å². The van der Waals surface area contributed by atoms with E-state index in [2.05, 4.69) is 15.6 Å². The summed E-state index contributed by atoms with van der Waals surface area (Å²) in [5.41, 5.74) is 10.1. The standard InChI is InChI=1S/C22H23N5O2/c1-13(23)17-7-5-15(12-21(17)26-3)29-16-8-9-27-19(11-16)14-4-6-18(22(24)28)20(10-14)25-2/h4-12,23,25-26H,1-3H3,(H2,24,28). The first-order valence-corrected chi connectivity index (χ1v) is 9.06. The number of aromatic nitrogens is 1. The number of pyridine rings is 1. The van der Waals surface area contributed by atoms with Gasteiger partial charge in [-0.3, -0.25) is 9.78 Å². The van der Waals surface area contributed by atoms with Crippen molar-refractivity contribution in [3.63, 3.8) is 0 Å². The van der Waals surface area contributed by atoms with Gasteiger partial charge in [-0.2, -0.15) is 0 Å². The Morgan fingerprint density at radius 2 is 1.62 bits per heavy atom. The predicted octanol–water partition coefficient (Wildman–Crippen LogP) is 4.11. The lowest BCUT2D eigenvalue weighted by atomic mass is 10.1. The molecule has 0 saturated heterocycles. The highest BCUT2D eigenvalue weighted by molar-refractivity contribution is 6.01. The van der Waals surface area contributed by atoms with Gasteiger partial charge in [-0.15, -0.1) is 0 Å². The van der Waals surface area contributed by atoms with Crippen LogP contribution in [0.4, 0.5) is 11.4 Å². The third kappa shape index (κ3) is 4.35. The molecule has 1 heterocycles. The lowest BCUT2D eigenvalue weighted by Gasteiger charge is -2.13. The van der Waals surface area contributed by atoms with Crippen LogP contribution in [0.3, 0.4) is 0 Å². The summed E-state index contributed by atoms with van der Waals surface area (Å²) in [5, 5.41) is 13.9. The number of rotatable bonds is 7. The number of nitrogens with zero attached hydrogens (tertiary/aromatic N) is 1. The number of hydrogen-bond donors (Lipinski definition) is 4. The second-order valence-electron chi connectivity index (χ2n) is 6.44. The minimum atomic E-state index is -0.491. The molecule has 0 aliphatic heterocycles. The maximum atomic E-state index is 11.5. The molecule has 0 aliphatic carbocycles. The SMILES string of the molecule is CNc1cc(Oc2ccnc(-c3ccc(C(N)=O)c(NC)c3)c2)ccc1C(C)=N. The highest BCUT2D eigenvalue weighted by Crippen LogP contribution is 2.30. The van der Waals surface area contributed by atoms with Gasteiger partial charge in [-0.1, -0.05) is 6.07 Å². The maximum Gasteiger partial charge on any atom is 0.250 e. The number of carbonyl (C=O) groups excluding carboxylic acids is 1. The fourth-order valence-corrected chi connectivity index (χ4v) is 3.01. The second kappa shape index (κ2) is 8.43. The lowest BCUT2D eigenvalue weighted by molar-refractivity contribution is 0.100. The fourth-order valence-electron chi connectivity index (χ4n) is 3.01. The van der Waals surface area contributed by atoms with Crippen LogP contribution in [0.5, 0.6) is 11.5 Å². The number of amides is 1. The molecule has 0 radical (unpaired) electrons. The van der Waals surface area contributed by atoms with Crippen LogP contribution in [0.25, 0.3) is 11.3 Å². The topological polar surface area (TPSA) is 113 Å². The smallest absolute Gasteiger partial charge is 0.250 e. The quantitative estimate of drug-likeness (QED) is 0.454. The number of nitrogens with one attached hydrogen (secondary N) is 3. The van der Waals surface area contributed by atoms with Gasteiger partial charge in [0.25, 0.3) is 5.91 Å². The Morgan fingerprint density at radius 3 is 2.28 bits per heavy atom. The van der Waals surface area contributed by atoms with Gasteiger partial charge in [-0.05, 0) is 37.3 Å². The minimum Gasteiger partial charge on any atom is -0.457 e. The molecule has 0 spiro atoms. The van der Waals surface area contributed by atoms with Crippen molar-refractivity contribution >= 4 is 23.0 Å². The van der Waals surface area contributed by atoms with Gasteiger partial charge in [0.15, 0.2) is 0 Å². The Labute approximate surface area is 169 Å². The van der Waals surface area contributed by atoms with E-state index in [1.165, 1.54) is 0 Å². The Hall–Kier alpha value is -3.87. The zero-order valence-corrected chi connectivity index (χ0v) is 16.5. The zero-order chi connectivity index (χ0) is 21.0. The second-order valence-corrected chi connectivity index (χ2v) is 6.44. The van der Waals surface area contributed by atoms with E-state index in [4.69, 9.17) is 15.9 Å². The first kappa shape index (κ1) is 19.9.